The third-order valence-corrected chi connectivity index (χ3v) is 3.91. The molecule has 0 aliphatic carbocycles. The predicted molar refractivity (Wildman–Crippen MR) is 69.6 cm³/mol. The molecule has 6 nitrogen and oxygen atoms in total. The zero-order valence-corrected chi connectivity index (χ0v) is 11.3. The van der Waals surface area contributed by atoms with E-state index in [2.05, 4.69) is 9.71 Å². The van der Waals surface area contributed by atoms with Gasteiger partial charge in [-0.1, -0.05) is 24.3 Å². The maximum Gasteiger partial charge on any atom is 0.259 e. The van der Waals surface area contributed by atoms with Crippen LogP contribution in [0.1, 0.15) is 11.1 Å². The fraction of sp³-hybridized carbons (Fsp3) is 0.250. The van der Waals surface area contributed by atoms with Gasteiger partial charge in [0.2, 0.25) is 0 Å². The van der Waals surface area contributed by atoms with Gasteiger partial charge in [-0.05, 0) is 11.1 Å². The van der Waals surface area contributed by atoms with Crippen LogP contribution in [0.15, 0.2) is 41.8 Å². The number of hydrogen-bond donors (Lipinski definition) is 2. The quantitative estimate of drug-likeness (QED) is 0.830. The van der Waals surface area contributed by atoms with Crippen LogP contribution in [0.2, 0.25) is 0 Å². The molecule has 0 saturated heterocycles. The summed E-state index contributed by atoms with van der Waals surface area (Å²) in [5.74, 6) is 0. The third-order valence-electron chi connectivity index (χ3n) is 2.63. The molecule has 0 radical (unpaired) electrons. The van der Waals surface area contributed by atoms with Gasteiger partial charge in [-0.15, -0.1) is 0 Å². The van der Waals surface area contributed by atoms with Crippen molar-refractivity contribution in [3.63, 3.8) is 0 Å². The first-order valence-corrected chi connectivity index (χ1v) is 7.16. The number of sulfonamides is 1. The average Bonchev–Trinajstić information content (AvgIpc) is 2.85. The Morgan fingerprint density at radius 3 is 2.42 bits per heavy atom. The number of aryl methyl sites for hydroxylation is 1. The van der Waals surface area contributed by atoms with Crippen molar-refractivity contribution in [3.05, 3.63) is 47.9 Å². The van der Waals surface area contributed by atoms with Crippen LogP contribution in [0, 0.1) is 0 Å². The van der Waals surface area contributed by atoms with Crippen molar-refractivity contribution in [2.24, 2.45) is 7.05 Å². The fourth-order valence-electron chi connectivity index (χ4n) is 1.54. The smallest absolute Gasteiger partial charge is 0.259 e. The number of nitrogens with one attached hydrogen (secondary N) is 1. The molecular formula is C12H15N3O3S. The molecular weight excluding hydrogens is 266 g/mol. The average molecular weight is 281 g/mol. The minimum atomic E-state index is -3.58. The van der Waals surface area contributed by atoms with Crippen LogP contribution in [-0.2, 0) is 30.2 Å². The molecule has 19 heavy (non-hydrogen) atoms. The summed E-state index contributed by atoms with van der Waals surface area (Å²) in [5, 5.41) is 8.92. The van der Waals surface area contributed by atoms with Crippen LogP contribution in [0.3, 0.4) is 0 Å². The van der Waals surface area contributed by atoms with Crippen molar-refractivity contribution >= 4 is 10.0 Å². The van der Waals surface area contributed by atoms with E-state index in [0.717, 1.165) is 11.1 Å². The minimum Gasteiger partial charge on any atom is -0.392 e. The van der Waals surface area contributed by atoms with Crippen LogP contribution in [0.5, 0.6) is 0 Å². The van der Waals surface area contributed by atoms with E-state index in [1.165, 1.54) is 12.5 Å². The topological polar surface area (TPSA) is 84.2 Å². The van der Waals surface area contributed by atoms with Crippen LogP contribution >= 0.6 is 0 Å². The van der Waals surface area contributed by atoms with Gasteiger partial charge in [-0.25, -0.2) is 18.1 Å². The first-order chi connectivity index (χ1) is 9.01. The highest BCUT2D eigenvalue weighted by Gasteiger charge is 2.16. The Balaban J connectivity index is 2.05. The van der Waals surface area contributed by atoms with Crippen molar-refractivity contribution in [2.75, 3.05) is 0 Å². The number of rotatable bonds is 5. The summed E-state index contributed by atoms with van der Waals surface area (Å²) >= 11 is 0. The molecule has 0 unspecified atom stereocenters. The van der Waals surface area contributed by atoms with Crippen LogP contribution in [0.25, 0.3) is 0 Å². The van der Waals surface area contributed by atoms with Gasteiger partial charge in [0.05, 0.1) is 12.9 Å². The molecule has 2 aromatic rings. The highest BCUT2D eigenvalue weighted by atomic mass is 32.2. The van der Waals surface area contributed by atoms with Crippen LogP contribution in [0.4, 0.5) is 0 Å². The molecule has 1 aromatic carbocycles. The Hall–Kier alpha value is -1.70. The summed E-state index contributed by atoms with van der Waals surface area (Å²) in [5.41, 5.74) is 1.60. The summed E-state index contributed by atoms with van der Waals surface area (Å²) in [4.78, 5) is 3.81. The molecule has 2 N–H and O–H groups in total. The van der Waals surface area contributed by atoms with E-state index in [1.807, 2.05) is 0 Å². The third kappa shape index (κ3) is 3.40. The van der Waals surface area contributed by atoms with E-state index in [9.17, 15) is 8.42 Å². The molecule has 102 valence electrons. The summed E-state index contributed by atoms with van der Waals surface area (Å²) in [6.07, 6.45) is 2.88. The van der Waals surface area contributed by atoms with Crippen LogP contribution < -0.4 is 4.72 Å². The number of imidazole rings is 1. The molecule has 0 aliphatic heterocycles. The molecule has 0 aliphatic rings. The maximum atomic E-state index is 11.9. The molecule has 0 saturated carbocycles. The monoisotopic (exact) mass is 281 g/mol. The molecule has 2 rings (SSSR count). The second-order valence-electron chi connectivity index (χ2n) is 4.18. The van der Waals surface area contributed by atoms with E-state index >= 15 is 0 Å². The minimum absolute atomic E-state index is 0.00183. The van der Waals surface area contributed by atoms with Gasteiger partial charge in [-0.2, -0.15) is 0 Å². The van der Waals surface area contributed by atoms with Crippen molar-refractivity contribution in [1.29, 1.82) is 0 Å². The second-order valence-corrected chi connectivity index (χ2v) is 5.89. The largest absolute Gasteiger partial charge is 0.392 e. The Morgan fingerprint density at radius 1 is 1.26 bits per heavy atom. The summed E-state index contributed by atoms with van der Waals surface area (Å²) in [6.45, 7) is 0.157. The second kappa shape index (κ2) is 5.52. The highest BCUT2D eigenvalue weighted by molar-refractivity contribution is 7.89. The van der Waals surface area contributed by atoms with E-state index < -0.39 is 10.0 Å². The molecule has 1 aromatic heterocycles. The van der Waals surface area contributed by atoms with Gasteiger partial charge in [-0.3, -0.25) is 0 Å². The van der Waals surface area contributed by atoms with Crippen molar-refractivity contribution in [2.45, 2.75) is 18.2 Å². The zero-order chi connectivity index (χ0) is 13.9. The van der Waals surface area contributed by atoms with Gasteiger partial charge in [0.25, 0.3) is 10.0 Å². The van der Waals surface area contributed by atoms with Gasteiger partial charge in [0.1, 0.15) is 0 Å². The first-order valence-electron chi connectivity index (χ1n) is 5.67. The number of nitrogens with zero attached hydrogens (tertiary/aromatic N) is 2. The number of aliphatic hydroxyl groups excluding tert-OH is 1. The predicted octanol–water partition coefficient (Wildman–Crippen LogP) is 0.391. The standard InChI is InChI=1S/C12H15N3O3S/c1-15-7-12(13-9-15)19(17,18)14-6-10-2-4-11(8-16)5-3-10/h2-5,7,9,14,16H,6,8H2,1H3. The number of benzene rings is 1. The molecule has 0 spiro atoms. The molecule has 7 heteroatoms. The Labute approximate surface area is 111 Å². The van der Waals surface area contributed by atoms with Crippen molar-refractivity contribution in [3.8, 4) is 0 Å². The van der Waals surface area contributed by atoms with Gasteiger partial charge >= 0.3 is 0 Å². The molecule has 1 heterocycles. The van der Waals surface area contributed by atoms with Crippen molar-refractivity contribution in [1.82, 2.24) is 14.3 Å². The van der Waals surface area contributed by atoms with Gasteiger partial charge in [0.15, 0.2) is 5.03 Å². The SMILES string of the molecule is Cn1cnc(S(=O)(=O)NCc2ccc(CO)cc2)c1. The lowest BCUT2D eigenvalue weighted by molar-refractivity contribution is 0.282. The molecule has 0 bridgehead atoms. The van der Waals surface area contributed by atoms with E-state index in [4.69, 9.17) is 5.11 Å². The molecule has 0 fully saturated rings. The van der Waals surface area contributed by atoms with Gasteiger partial charge in [0, 0.05) is 19.8 Å². The van der Waals surface area contributed by atoms with E-state index in [-0.39, 0.29) is 18.2 Å². The summed E-state index contributed by atoms with van der Waals surface area (Å²) in [7, 11) is -1.88. The first kappa shape index (κ1) is 13.7. The molecule has 0 atom stereocenters. The summed E-state index contributed by atoms with van der Waals surface area (Å²) < 4.78 is 27.9. The lowest BCUT2D eigenvalue weighted by Crippen LogP contribution is -2.23. The zero-order valence-electron chi connectivity index (χ0n) is 10.4. The fourth-order valence-corrected chi connectivity index (χ4v) is 2.54. The Kier molecular flexibility index (Phi) is 3.98. The van der Waals surface area contributed by atoms with E-state index in [1.54, 1.807) is 35.9 Å². The Bertz CT molecular complexity index is 647. The van der Waals surface area contributed by atoms with Gasteiger partial charge < -0.3 is 9.67 Å². The lowest BCUT2D eigenvalue weighted by atomic mass is 10.1. The number of aromatic nitrogens is 2. The Morgan fingerprint density at radius 2 is 1.89 bits per heavy atom. The molecule has 0 amide bonds. The summed E-state index contributed by atoms with van der Waals surface area (Å²) in [6, 6.07) is 7.05. The number of aliphatic hydroxyl groups is 1. The maximum absolute atomic E-state index is 11.9. The lowest BCUT2D eigenvalue weighted by Gasteiger charge is -2.05. The highest BCUT2D eigenvalue weighted by Crippen LogP contribution is 2.07. The van der Waals surface area contributed by atoms with Crippen LogP contribution in [-0.4, -0.2) is 23.1 Å². The van der Waals surface area contributed by atoms with E-state index in [0.29, 0.717) is 0 Å². The number of hydrogen-bond acceptors (Lipinski definition) is 4. The van der Waals surface area contributed by atoms with Crippen molar-refractivity contribution < 1.29 is 13.5 Å². The normalized spacial score (nSPS) is 11.7.